The number of aromatic nitrogens is 3. The van der Waals surface area contributed by atoms with E-state index in [-0.39, 0.29) is 10.5 Å². The number of alkyl halides is 3. The predicted molar refractivity (Wildman–Crippen MR) is 139 cm³/mol. The third kappa shape index (κ3) is 5.48. The van der Waals surface area contributed by atoms with E-state index in [1.807, 2.05) is 13.8 Å². The van der Waals surface area contributed by atoms with Crippen LogP contribution in [0.2, 0.25) is 0 Å². The Morgan fingerprint density at radius 3 is 2.03 bits per heavy atom. The summed E-state index contributed by atoms with van der Waals surface area (Å²) in [5.41, 5.74) is 1.36. The zero-order chi connectivity index (χ0) is 27.7. The van der Waals surface area contributed by atoms with Crippen molar-refractivity contribution in [2.75, 3.05) is 13.1 Å². The Bertz CT molecular complexity index is 1610. The zero-order valence-electron chi connectivity index (χ0n) is 21.2. The van der Waals surface area contributed by atoms with E-state index in [1.54, 1.807) is 25.1 Å². The summed E-state index contributed by atoms with van der Waals surface area (Å²) in [7, 11) is -3.65. The van der Waals surface area contributed by atoms with Crippen LogP contribution in [-0.2, 0) is 16.2 Å². The van der Waals surface area contributed by atoms with Crippen molar-refractivity contribution in [3.63, 3.8) is 0 Å². The molecule has 0 aliphatic carbocycles. The van der Waals surface area contributed by atoms with Crippen LogP contribution in [0.4, 0.5) is 13.2 Å². The summed E-state index contributed by atoms with van der Waals surface area (Å²) in [4.78, 5) is 17.5. The molecule has 0 N–H and O–H groups in total. The predicted octanol–water partition coefficient (Wildman–Crippen LogP) is 5.56. The van der Waals surface area contributed by atoms with Gasteiger partial charge in [-0.1, -0.05) is 38.1 Å². The van der Waals surface area contributed by atoms with Gasteiger partial charge in [-0.05, 0) is 55.7 Å². The van der Waals surface area contributed by atoms with Crippen LogP contribution in [0.5, 0.6) is 0 Å². The fourth-order valence-electron chi connectivity index (χ4n) is 4.20. The second kappa shape index (κ2) is 10.7. The Morgan fingerprint density at radius 1 is 0.895 bits per heavy atom. The molecule has 4 aromatic rings. The van der Waals surface area contributed by atoms with E-state index in [4.69, 9.17) is 0 Å². The van der Waals surface area contributed by atoms with Crippen LogP contribution < -0.4 is 5.56 Å². The molecule has 11 heteroatoms. The molecule has 0 spiro atoms. The molecule has 0 aliphatic rings. The van der Waals surface area contributed by atoms with E-state index in [0.717, 1.165) is 16.6 Å². The molecule has 0 saturated carbocycles. The average molecular weight is 545 g/mol. The third-order valence-electron chi connectivity index (χ3n) is 6.09. The fraction of sp³-hybridized carbons (Fsp3) is 0.296. The molecule has 0 amide bonds. The lowest BCUT2D eigenvalue weighted by molar-refractivity contribution is -0.137. The first-order chi connectivity index (χ1) is 18.0. The summed E-state index contributed by atoms with van der Waals surface area (Å²) in [6.07, 6.45) is -3.05. The van der Waals surface area contributed by atoms with Crippen LogP contribution in [0.3, 0.4) is 0 Å². The number of benzene rings is 2. The molecular formula is C27H27F3N4O3S. The second-order valence-electron chi connectivity index (χ2n) is 8.90. The summed E-state index contributed by atoms with van der Waals surface area (Å²) in [6.45, 7) is 6.35. The fourth-order valence-corrected chi connectivity index (χ4v) is 5.83. The molecule has 0 atom stereocenters. The first kappa shape index (κ1) is 27.5. The SMILES string of the molecule is CCCN(CCC)S(=O)(=O)c1ccc(-c2cc(=O)n3nc(C)c(-c4ccc(C(F)(F)F)cc4)cc3n2)cc1. The Morgan fingerprint density at radius 2 is 1.47 bits per heavy atom. The quantitative estimate of drug-likeness (QED) is 0.290. The van der Waals surface area contributed by atoms with Gasteiger partial charge in [0, 0.05) is 30.3 Å². The summed E-state index contributed by atoms with van der Waals surface area (Å²) >= 11 is 0. The largest absolute Gasteiger partial charge is 0.416 e. The molecule has 0 aliphatic heterocycles. The van der Waals surface area contributed by atoms with Crippen molar-refractivity contribution in [2.45, 2.75) is 44.7 Å². The van der Waals surface area contributed by atoms with Gasteiger partial charge in [-0.2, -0.15) is 27.1 Å². The van der Waals surface area contributed by atoms with Crippen LogP contribution in [0.15, 0.2) is 70.4 Å². The number of hydrogen-bond acceptors (Lipinski definition) is 5. The highest BCUT2D eigenvalue weighted by Crippen LogP contribution is 2.32. The minimum absolute atomic E-state index is 0.155. The second-order valence-corrected chi connectivity index (χ2v) is 10.8. The number of aryl methyl sites for hydroxylation is 1. The molecule has 0 radical (unpaired) electrons. The standard InChI is InChI=1S/C27H27F3N4O3S/c1-4-14-33(15-5-2)38(36,37)22-12-8-20(9-13-22)24-17-26(35)34-25(31-24)16-23(18(3)32-34)19-6-10-21(11-7-19)27(28,29)30/h6-13,16-17H,4-5,14-15H2,1-3H3. The van der Waals surface area contributed by atoms with Crippen LogP contribution in [0.1, 0.15) is 37.9 Å². The molecule has 200 valence electrons. The number of nitrogens with zero attached hydrogens (tertiary/aromatic N) is 4. The highest BCUT2D eigenvalue weighted by Gasteiger charge is 2.30. The van der Waals surface area contributed by atoms with Crippen molar-refractivity contribution in [1.82, 2.24) is 18.9 Å². The van der Waals surface area contributed by atoms with Crippen LogP contribution in [0.25, 0.3) is 28.0 Å². The number of halogens is 3. The number of sulfonamides is 1. The number of fused-ring (bicyclic) bond motifs is 1. The van der Waals surface area contributed by atoms with Gasteiger partial charge in [0.05, 0.1) is 21.8 Å². The molecule has 0 unspecified atom stereocenters. The molecule has 7 nitrogen and oxygen atoms in total. The van der Waals surface area contributed by atoms with Crippen molar-refractivity contribution in [2.24, 2.45) is 0 Å². The first-order valence-corrected chi connectivity index (χ1v) is 13.6. The van der Waals surface area contributed by atoms with E-state index in [0.29, 0.717) is 54.0 Å². The molecule has 4 rings (SSSR count). The van der Waals surface area contributed by atoms with Gasteiger partial charge in [0.25, 0.3) is 5.56 Å². The van der Waals surface area contributed by atoms with Crippen molar-refractivity contribution >= 4 is 15.7 Å². The number of hydrogen-bond donors (Lipinski definition) is 0. The van der Waals surface area contributed by atoms with Crippen molar-refractivity contribution in [1.29, 1.82) is 0 Å². The van der Waals surface area contributed by atoms with Gasteiger partial charge in [-0.25, -0.2) is 13.4 Å². The maximum atomic E-state index is 13.1. The third-order valence-corrected chi connectivity index (χ3v) is 8.00. The molecule has 0 bridgehead atoms. The molecule has 2 heterocycles. The van der Waals surface area contributed by atoms with Gasteiger partial charge in [-0.15, -0.1) is 0 Å². The average Bonchev–Trinajstić information content (AvgIpc) is 2.88. The molecule has 0 fully saturated rings. The van der Waals surface area contributed by atoms with Gasteiger partial charge < -0.3 is 0 Å². The smallest absolute Gasteiger partial charge is 0.267 e. The van der Waals surface area contributed by atoms with Gasteiger partial charge >= 0.3 is 6.18 Å². The van der Waals surface area contributed by atoms with Gasteiger partial charge in [0.2, 0.25) is 10.0 Å². The molecule has 2 aromatic heterocycles. The summed E-state index contributed by atoms with van der Waals surface area (Å²) in [5.74, 6) is 0. The van der Waals surface area contributed by atoms with Crippen LogP contribution in [0, 0.1) is 6.92 Å². The van der Waals surface area contributed by atoms with Gasteiger partial charge in [0.1, 0.15) is 0 Å². The van der Waals surface area contributed by atoms with Crippen molar-refractivity contribution < 1.29 is 21.6 Å². The lowest BCUT2D eigenvalue weighted by Crippen LogP contribution is -2.32. The topological polar surface area (TPSA) is 84.6 Å². The monoisotopic (exact) mass is 544 g/mol. The highest BCUT2D eigenvalue weighted by molar-refractivity contribution is 7.89. The molecule has 2 aromatic carbocycles. The minimum atomic E-state index is -4.45. The highest BCUT2D eigenvalue weighted by atomic mass is 32.2. The summed E-state index contributed by atoms with van der Waals surface area (Å²) < 4.78 is 67.6. The Labute approximate surface area is 218 Å². The summed E-state index contributed by atoms with van der Waals surface area (Å²) in [6, 6.07) is 13.8. The van der Waals surface area contributed by atoms with Crippen molar-refractivity contribution in [3.8, 4) is 22.4 Å². The lowest BCUT2D eigenvalue weighted by atomic mass is 10.0. The van der Waals surface area contributed by atoms with Crippen LogP contribution >= 0.6 is 0 Å². The van der Waals surface area contributed by atoms with E-state index in [1.165, 1.54) is 34.6 Å². The van der Waals surface area contributed by atoms with E-state index < -0.39 is 27.3 Å². The van der Waals surface area contributed by atoms with E-state index >= 15 is 0 Å². The van der Waals surface area contributed by atoms with E-state index in [2.05, 4.69) is 10.1 Å². The van der Waals surface area contributed by atoms with Crippen LogP contribution in [-0.4, -0.2) is 40.4 Å². The number of rotatable bonds is 8. The first-order valence-electron chi connectivity index (χ1n) is 12.2. The molecular weight excluding hydrogens is 517 g/mol. The Kier molecular flexibility index (Phi) is 7.70. The maximum absolute atomic E-state index is 13.1. The van der Waals surface area contributed by atoms with Crippen molar-refractivity contribution in [3.05, 3.63) is 82.3 Å². The Hall–Kier alpha value is -3.57. The minimum Gasteiger partial charge on any atom is -0.267 e. The van der Waals surface area contributed by atoms with Gasteiger partial charge in [0.15, 0.2) is 5.65 Å². The molecule has 38 heavy (non-hydrogen) atoms. The van der Waals surface area contributed by atoms with E-state index in [9.17, 15) is 26.4 Å². The summed E-state index contributed by atoms with van der Waals surface area (Å²) in [5, 5.41) is 4.29. The lowest BCUT2D eigenvalue weighted by Gasteiger charge is -2.21. The zero-order valence-corrected chi connectivity index (χ0v) is 22.0. The maximum Gasteiger partial charge on any atom is 0.416 e. The Balaban J connectivity index is 1.72. The molecule has 0 saturated heterocycles. The van der Waals surface area contributed by atoms with Gasteiger partial charge in [-0.3, -0.25) is 4.79 Å². The normalized spacial score (nSPS) is 12.4.